The monoisotopic (exact) mass is 740 g/mol. The number of carbonyl (C=O) groups is 2. The largest absolute Gasteiger partial charge is 0.453 e. The first-order valence-corrected chi connectivity index (χ1v) is 18.4. The minimum Gasteiger partial charge on any atom is -0.453 e. The summed E-state index contributed by atoms with van der Waals surface area (Å²) in [5.74, 6) is 1.65. The number of piperazine rings is 1. The zero-order valence-corrected chi connectivity index (χ0v) is 30.7. The number of anilines is 2. The summed E-state index contributed by atoms with van der Waals surface area (Å²) in [5, 5.41) is 7.11. The van der Waals surface area contributed by atoms with Crippen LogP contribution in [-0.4, -0.2) is 99.3 Å². The van der Waals surface area contributed by atoms with Crippen molar-refractivity contribution in [2.24, 2.45) is 13.0 Å². The molecule has 15 heteroatoms. The SMILES string of the molecule is Cc1nn(C)cc1-c1nc2ncc(Cl)c(Oc3ccc([C@H]4CN(CC5CCN(c6ccc(N7CCC(=O)NC7=O)cc6F)CC5)CCN4C)cc3)c2[nH]1. The number of aromatic nitrogens is 5. The van der Waals surface area contributed by atoms with Gasteiger partial charge in [0.05, 0.1) is 23.1 Å². The van der Waals surface area contributed by atoms with Crippen molar-refractivity contribution in [3.8, 4) is 22.9 Å². The fraction of sp³-hybridized carbons (Fsp3) is 0.395. The number of piperidine rings is 1. The molecule has 0 unspecified atom stereocenters. The van der Waals surface area contributed by atoms with Crippen molar-refractivity contribution in [1.29, 1.82) is 0 Å². The molecule has 2 aromatic carbocycles. The van der Waals surface area contributed by atoms with Crippen molar-refractivity contribution in [3.05, 3.63) is 77.0 Å². The van der Waals surface area contributed by atoms with E-state index in [-0.39, 0.29) is 30.7 Å². The number of ether oxygens (including phenoxy) is 1. The number of urea groups is 1. The highest BCUT2D eigenvalue weighted by Crippen LogP contribution is 2.37. The fourth-order valence-electron chi connectivity index (χ4n) is 7.76. The van der Waals surface area contributed by atoms with E-state index in [0.717, 1.165) is 63.4 Å². The van der Waals surface area contributed by atoms with Crippen LogP contribution in [0.2, 0.25) is 5.02 Å². The number of hydrogen-bond donors (Lipinski definition) is 2. The van der Waals surface area contributed by atoms with Crippen LogP contribution in [0.4, 0.5) is 20.6 Å². The molecule has 3 aliphatic heterocycles. The van der Waals surface area contributed by atoms with Crippen LogP contribution >= 0.6 is 11.6 Å². The lowest BCUT2D eigenvalue weighted by atomic mass is 9.94. The summed E-state index contributed by atoms with van der Waals surface area (Å²) in [6.07, 6.45) is 5.63. The topological polar surface area (TPSA) is 128 Å². The van der Waals surface area contributed by atoms with Gasteiger partial charge in [0.1, 0.15) is 27.9 Å². The second-order valence-corrected chi connectivity index (χ2v) is 14.7. The van der Waals surface area contributed by atoms with Crippen LogP contribution in [0.15, 0.2) is 54.9 Å². The standard InChI is InChI=1S/C38H42ClFN10O3/c1-23-28(21-47(3)45-23)36-43-34-35(29(39)19-41-37(34)44-36)53-27-7-4-25(5-8-27)32-22-48(17-16-46(32)2)20-24-10-13-49(14-11-24)31-9-6-26(18-30(31)40)50-15-12-33(51)42-38(50)52/h4-9,18-19,21,24,32H,10-17,20,22H2,1-3H3,(H,41,43,44)(H,42,51,52)/t32-/m1/s1. The molecule has 276 valence electrons. The van der Waals surface area contributed by atoms with E-state index in [1.165, 1.54) is 16.5 Å². The molecule has 0 aliphatic carbocycles. The molecule has 8 rings (SSSR count). The Hall–Kier alpha value is -5.05. The van der Waals surface area contributed by atoms with Crippen LogP contribution in [0, 0.1) is 18.7 Å². The smallest absolute Gasteiger partial charge is 0.328 e. The Kier molecular flexibility index (Phi) is 9.52. The van der Waals surface area contributed by atoms with Crippen LogP contribution in [-0.2, 0) is 11.8 Å². The van der Waals surface area contributed by atoms with Crippen LogP contribution in [0.25, 0.3) is 22.6 Å². The third-order valence-electron chi connectivity index (χ3n) is 10.7. The molecule has 2 N–H and O–H groups in total. The van der Waals surface area contributed by atoms with E-state index in [1.54, 1.807) is 23.0 Å². The maximum atomic E-state index is 15.3. The van der Waals surface area contributed by atoms with Gasteiger partial charge in [-0.3, -0.25) is 29.5 Å². The molecule has 3 aliphatic rings. The van der Waals surface area contributed by atoms with Gasteiger partial charge in [-0.05, 0) is 68.6 Å². The number of hydrogen-bond acceptors (Lipinski definition) is 9. The molecule has 1 atom stereocenters. The van der Waals surface area contributed by atoms with Crippen molar-refractivity contribution in [3.63, 3.8) is 0 Å². The van der Waals surface area contributed by atoms with E-state index in [1.807, 2.05) is 32.3 Å². The number of aromatic amines is 1. The van der Waals surface area contributed by atoms with Gasteiger partial charge in [-0.15, -0.1) is 0 Å². The molecule has 0 bridgehead atoms. The van der Waals surface area contributed by atoms with Crippen molar-refractivity contribution >= 4 is 46.1 Å². The third-order valence-corrected chi connectivity index (χ3v) is 11.0. The van der Waals surface area contributed by atoms with Gasteiger partial charge in [0, 0.05) is 77.2 Å². The first-order valence-electron chi connectivity index (χ1n) is 18.0. The van der Waals surface area contributed by atoms with Gasteiger partial charge in [0.25, 0.3) is 0 Å². The summed E-state index contributed by atoms with van der Waals surface area (Å²) >= 11 is 6.59. The van der Waals surface area contributed by atoms with Gasteiger partial charge < -0.3 is 14.6 Å². The number of nitrogens with one attached hydrogen (secondary N) is 2. The van der Waals surface area contributed by atoms with Gasteiger partial charge in [-0.1, -0.05) is 23.7 Å². The summed E-state index contributed by atoms with van der Waals surface area (Å²) in [6, 6.07) is 12.8. The van der Waals surface area contributed by atoms with Crippen molar-refractivity contribution in [2.45, 2.75) is 32.2 Å². The molecule has 0 radical (unpaired) electrons. The summed E-state index contributed by atoms with van der Waals surface area (Å²) in [4.78, 5) is 44.6. The van der Waals surface area contributed by atoms with Crippen LogP contribution in [0.1, 0.15) is 36.6 Å². The van der Waals surface area contributed by atoms with E-state index in [0.29, 0.717) is 50.8 Å². The molecule has 6 heterocycles. The Labute approximate surface area is 311 Å². The van der Waals surface area contributed by atoms with Gasteiger partial charge in [0.2, 0.25) is 5.91 Å². The summed E-state index contributed by atoms with van der Waals surface area (Å²) in [7, 11) is 4.05. The summed E-state index contributed by atoms with van der Waals surface area (Å²) < 4.78 is 23.4. The second-order valence-electron chi connectivity index (χ2n) is 14.3. The number of carbonyl (C=O) groups excluding carboxylic acids is 2. The molecular weight excluding hydrogens is 699 g/mol. The van der Waals surface area contributed by atoms with Crippen molar-refractivity contribution in [1.82, 2.24) is 39.8 Å². The van der Waals surface area contributed by atoms with E-state index >= 15 is 4.39 Å². The molecule has 53 heavy (non-hydrogen) atoms. The number of halogens is 2. The highest BCUT2D eigenvalue weighted by atomic mass is 35.5. The average molecular weight is 741 g/mol. The first-order chi connectivity index (χ1) is 25.6. The molecule has 3 amide bonds. The molecular formula is C38H42ClFN10O3. The van der Waals surface area contributed by atoms with E-state index < -0.39 is 6.03 Å². The zero-order valence-electron chi connectivity index (χ0n) is 30.0. The number of fused-ring (bicyclic) bond motifs is 1. The number of imidazole rings is 1. The molecule has 3 fully saturated rings. The third kappa shape index (κ3) is 7.18. The Morgan fingerprint density at radius 1 is 1.02 bits per heavy atom. The number of rotatable bonds is 8. The summed E-state index contributed by atoms with van der Waals surface area (Å²) in [5.41, 5.74) is 5.11. The number of likely N-dealkylation sites (N-methyl/N-ethyl adjacent to an activating group) is 1. The number of aryl methyl sites for hydroxylation is 2. The first kappa shape index (κ1) is 35.0. The van der Waals surface area contributed by atoms with Crippen LogP contribution in [0.3, 0.4) is 0 Å². The second kappa shape index (κ2) is 14.4. The molecule has 13 nitrogen and oxygen atoms in total. The van der Waals surface area contributed by atoms with E-state index in [2.05, 4.69) is 59.2 Å². The van der Waals surface area contributed by atoms with E-state index in [9.17, 15) is 9.59 Å². The molecule has 5 aromatic rings. The predicted octanol–water partition coefficient (Wildman–Crippen LogP) is 5.90. The van der Waals surface area contributed by atoms with Gasteiger partial charge in [-0.25, -0.2) is 19.2 Å². The van der Waals surface area contributed by atoms with Crippen molar-refractivity contribution < 1.29 is 18.7 Å². The highest BCUT2D eigenvalue weighted by Gasteiger charge is 2.30. The minimum absolute atomic E-state index is 0.200. The van der Waals surface area contributed by atoms with E-state index in [4.69, 9.17) is 16.3 Å². The maximum Gasteiger partial charge on any atom is 0.328 e. The number of nitrogens with zero attached hydrogens (tertiary/aromatic N) is 8. The normalized spacial score (nSPS) is 19.3. The van der Waals surface area contributed by atoms with Crippen LogP contribution in [0.5, 0.6) is 11.5 Å². The number of pyridine rings is 1. The number of imide groups is 1. The van der Waals surface area contributed by atoms with Crippen LogP contribution < -0.4 is 19.9 Å². The zero-order chi connectivity index (χ0) is 36.8. The number of H-pyrrole nitrogens is 1. The maximum absolute atomic E-state index is 15.3. The molecule has 3 saturated heterocycles. The predicted molar refractivity (Wildman–Crippen MR) is 201 cm³/mol. The lowest BCUT2D eigenvalue weighted by molar-refractivity contribution is -0.120. The quantitative estimate of drug-likeness (QED) is 0.200. The highest BCUT2D eigenvalue weighted by molar-refractivity contribution is 6.32. The molecule has 3 aromatic heterocycles. The fourth-order valence-corrected chi connectivity index (χ4v) is 7.94. The number of amides is 3. The van der Waals surface area contributed by atoms with Gasteiger partial charge in [0.15, 0.2) is 11.4 Å². The summed E-state index contributed by atoms with van der Waals surface area (Å²) in [6.45, 7) is 7.62. The Balaban J connectivity index is 0.879. The minimum atomic E-state index is -0.513. The average Bonchev–Trinajstić information content (AvgIpc) is 3.73. The molecule has 0 saturated carbocycles. The number of benzene rings is 2. The lowest BCUT2D eigenvalue weighted by Crippen LogP contribution is -2.49. The Morgan fingerprint density at radius 2 is 1.81 bits per heavy atom. The van der Waals surface area contributed by atoms with Crippen molar-refractivity contribution in [2.75, 3.05) is 62.7 Å². The van der Waals surface area contributed by atoms with Gasteiger partial charge >= 0.3 is 6.03 Å². The Bertz CT molecular complexity index is 2160. The van der Waals surface area contributed by atoms with Gasteiger partial charge in [-0.2, -0.15) is 5.10 Å². The Morgan fingerprint density at radius 3 is 2.53 bits per heavy atom. The molecule has 0 spiro atoms. The lowest BCUT2D eigenvalue weighted by Gasteiger charge is -2.42.